The van der Waals surface area contributed by atoms with Crippen LogP contribution in [0.5, 0.6) is 0 Å². The maximum absolute atomic E-state index is 12.9. The van der Waals surface area contributed by atoms with Crippen molar-refractivity contribution >= 4 is 20.0 Å². The third-order valence-electron chi connectivity index (χ3n) is 9.18. The summed E-state index contributed by atoms with van der Waals surface area (Å²) in [4.78, 5) is 16.9. The van der Waals surface area contributed by atoms with Gasteiger partial charge in [-0.15, -0.1) is 0 Å². The molecular weight excluding hydrogens is 727 g/mol. The Labute approximate surface area is 325 Å². The number of nitrogens with one attached hydrogen (secondary N) is 2. The van der Waals surface area contributed by atoms with Crippen LogP contribution in [0.1, 0.15) is 119 Å². The maximum Gasteiger partial charge on any atom is 0.472 e. The lowest BCUT2D eigenvalue weighted by molar-refractivity contribution is -0.129. The van der Waals surface area contributed by atoms with E-state index in [1.165, 1.54) is 82.8 Å². The van der Waals surface area contributed by atoms with Crippen LogP contribution < -0.4 is 5.73 Å². The van der Waals surface area contributed by atoms with Crippen molar-refractivity contribution in [3.8, 4) is 12.1 Å². The van der Waals surface area contributed by atoms with Gasteiger partial charge in [0.25, 0.3) is 0 Å². The molecule has 306 valence electrons. The third kappa shape index (κ3) is 17.9. The molecule has 2 rings (SSSR count). The number of H-pyrrole nitrogens is 1. The number of hydrogen-bond donors (Lipinski definition) is 6. The van der Waals surface area contributed by atoms with Gasteiger partial charge in [-0.25, -0.2) is 9.56 Å². The van der Waals surface area contributed by atoms with Gasteiger partial charge in [-0.2, -0.15) is 10.5 Å². The molecule has 1 aromatic heterocycles. The first-order valence-corrected chi connectivity index (χ1v) is 20.7. The average Bonchev–Trinajstić information content (AvgIpc) is 3.69. The van der Waals surface area contributed by atoms with Crippen LogP contribution in [0.15, 0.2) is 41.4 Å². The van der Waals surface area contributed by atoms with E-state index in [0.717, 1.165) is 38.3 Å². The number of nitriles is 2. The lowest BCUT2D eigenvalue weighted by Crippen LogP contribution is -2.49. The monoisotopic (exact) mass is 788 g/mol. The number of nitrogens with zero attached hydrogens (tertiary/aromatic N) is 3. The highest BCUT2D eigenvalue weighted by Crippen LogP contribution is 2.44. The first kappa shape index (κ1) is 47.7. The zero-order valence-corrected chi connectivity index (χ0v) is 33.3. The Hall–Kier alpha value is -3.47. The first-order valence-electron chi connectivity index (χ1n) is 19.2. The van der Waals surface area contributed by atoms with Gasteiger partial charge in [-0.05, 0) is 36.2 Å². The quantitative estimate of drug-likeness (QED) is 0.0201. The fourth-order valence-electron chi connectivity index (χ4n) is 5.86. The zero-order chi connectivity index (χ0) is 40.4. The summed E-state index contributed by atoms with van der Waals surface area (Å²) in [7, 11) is -3.67. The molecule has 16 heteroatoms. The molecule has 2 aromatic rings. The molecule has 0 radical (unpaired) electrons. The number of hydrogen-bond acceptors (Lipinski definition) is 11. The molecular formula is C39H61N6O9P. The molecule has 0 fully saturated rings. The SMILES string of the molecule is CCCCCCCCCCCCCCCCOC[C@H](COP(=O)(O)OC[C@@H](O)[C@@H](O)[C@@](C#N)(OC)c1ccc(C(N)=NC=N)[nH]1)OCc1ccc(C#N)cc1. The van der Waals surface area contributed by atoms with E-state index in [-0.39, 0.29) is 30.4 Å². The van der Waals surface area contributed by atoms with Gasteiger partial charge in [0.15, 0.2) is 0 Å². The van der Waals surface area contributed by atoms with Crippen molar-refractivity contribution in [2.75, 3.05) is 33.5 Å². The highest BCUT2D eigenvalue weighted by Gasteiger charge is 2.46. The maximum atomic E-state index is 12.9. The van der Waals surface area contributed by atoms with Crippen LogP contribution in [0, 0.1) is 28.1 Å². The lowest BCUT2D eigenvalue weighted by Gasteiger charge is -2.32. The minimum atomic E-state index is -4.81. The minimum Gasteiger partial charge on any atom is -0.388 e. The van der Waals surface area contributed by atoms with E-state index in [1.807, 2.05) is 6.07 Å². The van der Waals surface area contributed by atoms with Gasteiger partial charge in [-0.1, -0.05) is 103 Å². The number of nitrogens with two attached hydrogens (primary N) is 1. The molecule has 1 heterocycles. The van der Waals surface area contributed by atoms with Crippen LogP contribution >= 0.6 is 7.82 Å². The molecule has 1 unspecified atom stereocenters. The Morgan fingerprint density at radius 1 is 0.927 bits per heavy atom. The van der Waals surface area contributed by atoms with Gasteiger partial charge in [0.05, 0.1) is 49.4 Å². The van der Waals surface area contributed by atoms with Crippen molar-refractivity contribution in [3.63, 3.8) is 0 Å². The van der Waals surface area contributed by atoms with Gasteiger partial charge >= 0.3 is 7.82 Å². The number of aromatic amines is 1. The van der Waals surface area contributed by atoms with E-state index >= 15 is 0 Å². The predicted molar refractivity (Wildman–Crippen MR) is 209 cm³/mol. The van der Waals surface area contributed by atoms with Crippen molar-refractivity contribution in [3.05, 3.63) is 58.9 Å². The average molecular weight is 789 g/mol. The first-order chi connectivity index (χ1) is 26.5. The smallest absolute Gasteiger partial charge is 0.388 e. The van der Waals surface area contributed by atoms with Gasteiger partial charge in [0, 0.05) is 13.7 Å². The summed E-state index contributed by atoms with van der Waals surface area (Å²) < 4.78 is 40.2. The summed E-state index contributed by atoms with van der Waals surface area (Å²) in [5.74, 6) is -0.0691. The Bertz CT molecular complexity index is 1530. The fourth-order valence-corrected chi connectivity index (χ4v) is 6.63. The number of amidine groups is 1. The van der Waals surface area contributed by atoms with E-state index < -0.39 is 44.9 Å². The number of ether oxygens (including phenoxy) is 3. The Morgan fingerprint density at radius 2 is 1.51 bits per heavy atom. The van der Waals surface area contributed by atoms with E-state index in [2.05, 4.69) is 23.0 Å². The number of aliphatic imine (C=N–C) groups is 1. The van der Waals surface area contributed by atoms with Crippen molar-refractivity contribution in [2.24, 2.45) is 10.7 Å². The van der Waals surface area contributed by atoms with E-state index in [0.29, 0.717) is 12.2 Å². The highest BCUT2D eigenvalue weighted by atomic mass is 31.2. The largest absolute Gasteiger partial charge is 0.472 e. The number of aliphatic hydroxyl groups excluding tert-OH is 2. The Kier molecular flexibility index (Phi) is 23.6. The Balaban J connectivity index is 1.85. The van der Waals surface area contributed by atoms with Crippen LogP contribution in [0.3, 0.4) is 0 Å². The van der Waals surface area contributed by atoms with Crippen LogP contribution in [0.2, 0.25) is 0 Å². The number of aromatic nitrogens is 1. The van der Waals surface area contributed by atoms with Gasteiger partial charge in [0.1, 0.15) is 36.6 Å². The van der Waals surface area contributed by atoms with Crippen molar-refractivity contribution in [1.82, 2.24) is 4.98 Å². The summed E-state index contributed by atoms with van der Waals surface area (Å²) in [5, 5.41) is 47.8. The number of phosphoric ester groups is 1. The van der Waals surface area contributed by atoms with Gasteiger partial charge in [-0.3, -0.25) is 14.5 Å². The molecule has 0 saturated carbocycles. The van der Waals surface area contributed by atoms with E-state index in [9.17, 15) is 24.9 Å². The second-order valence-electron chi connectivity index (χ2n) is 13.5. The highest BCUT2D eigenvalue weighted by molar-refractivity contribution is 7.47. The number of phosphoric acid groups is 1. The molecule has 0 aliphatic heterocycles. The van der Waals surface area contributed by atoms with Crippen LogP contribution in [0.25, 0.3) is 0 Å². The second kappa shape index (κ2) is 27.2. The number of rotatable bonds is 32. The second-order valence-corrected chi connectivity index (χ2v) is 14.9. The summed E-state index contributed by atoms with van der Waals surface area (Å²) in [6.45, 7) is 1.62. The third-order valence-corrected chi connectivity index (χ3v) is 10.1. The molecule has 15 nitrogen and oxygen atoms in total. The summed E-state index contributed by atoms with van der Waals surface area (Å²) in [6.07, 6.45) is 13.6. The number of aliphatic hydroxyl groups is 2. The van der Waals surface area contributed by atoms with Gasteiger partial charge < -0.3 is 40.0 Å². The fraction of sp³-hybridized carbons (Fsp3) is 0.641. The molecule has 0 bridgehead atoms. The van der Waals surface area contributed by atoms with E-state index in [1.54, 1.807) is 24.3 Å². The topological polar surface area (TPSA) is 250 Å². The van der Waals surface area contributed by atoms with Gasteiger partial charge in [0.2, 0.25) is 5.60 Å². The molecule has 5 atom stereocenters. The number of unbranched alkanes of at least 4 members (excludes halogenated alkanes) is 13. The standard InChI is InChI=1S/C39H61N6O9P/c1-3-4-5-6-7-8-9-10-11-12-13-14-15-16-23-51-26-33(52-25-32-19-17-31(24-40)18-20-32)27-53-55(48,49)54-28-35(46)37(47)39(29-41,50-2)36-22-21-34(45-36)38(43)44-30-42/h17-22,30,33,35,37,45-47H,3-16,23,25-28H2,1-2H3,(H,48,49)(H3,42,43,44)/t33-,35-,37-,39+/m1/s1. The zero-order valence-electron chi connectivity index (χ0n) is 32.4. The predicted octanol–water partition coefficient (Wildman–Crippen LogP) is 6.50. The molecule has 0 aliphatic carbocycles. The molecule has 0 amide bonds. The summed E-state index contributed by atoms with van der Waals surface area (Å²) in [5.41, 5.74) is 5.11. The molecule has 0 aliphatic rings. The van der Waals surface area contributed by atoms with Crippen LogP contribution in [-0.2, 0) is 40.0 Å². The summed E-state index contributed by atoms with van der Waals surface area (Å²) >= 11 is 0. The number of methoxy groups -OCH3 is 1. The van der Waals surface area contributed by atoms with Crippen molar-refractivity contribution in [2.45, 2.75) is 127 Å². The molecule has 0 saturated heterocycles. The Morgan fingerprint density at radius 3 is 2.05 bits per heavy atom. The van der Waals surface area contributed by atoms with Crippen LogP contribution in [0.4, 0.5) is 0 Å². The number of benzene rings is 1. The van der Waals surface area contributed by atoms with Crippen molar-refractivity contribution < 1.29 is 42.9 Å². The lowest BCUT2D eigenvalue weighted by atomic mass is 9.90. The molecule has 0 spiro atoms. The minimum absolute atomic E-state index is 0.00181. The molecule has 7 N–H and O–H groups in total. The normalized spacial score (nSPS) is 15.7. The van der Waals surface area contributed by atoms with Crippen molar-refractivity contribution in [1.29, 1.82) is 15.9 Å². The molecule has 1 aromatic carbocycles. The summed E-state index contributed by atoms with van der Waals surface area (Å²) in [6, 6.07) is 13.5. The van der Waals surface area contributed by atoms with Crippen LogP contribution in [-0.4, -0.2) is 84.1 Å². The van der Waals surface area contributed by atoms with E-state index in [4.69, 9.17) is 39.7 Å². The molecule has 55 heavy (non-hydrogen) atoms.